The van der Waals surface area contributed by atoms with Gasteiger partial charge in [-0.05, 0) is 144 Å². The summed E-state index contributed by atoms with van der Waals surface area (Å²) in [5.41, 5.74) is 19.5. The molecular weight excluding hydrogens is 965 g/mol. The minimum absolute atomic E-state index is 0.0108. The molecule has 0 fully saturated rings. The molecule has 0 spiro atoms. The summed E-state index contributed by atoms with van der Waals surface area (Å²) in [6.07, 6.45) is 0. The third-order valence-electron chi connectivity index (χ3n) is 15.0. The van der Waals surface area contributed by atoms with Crippen molar-refractivity contribution in [3.05, 3.63) is 223 Å². The van der Waals surface area contributed by atoms with Crippen LogP contribution in [-0.4, -0.2) is 0 Å². The largest absolute Gasteiger partial charge is 0.0720 e. The zero-order valence-corrected chi connectivity index (χ0v) is 45.6. The third-order valence-corrected chi connectivity index (χ3v) is 16.3. The number of benzene rings is 9. The van der Waals surface area contributed by atoms with Crippen LogP contribution in [0.15, 0.2) is 179 Å². The highest BCUT2D eigenvalue weighted by Crippen LogP contribution is 2.63. The van der Waals surface area contributed by atoms with Gasteiger partial charge in [-0.2, -0.15) is 0 Å². The highest BCUT2D eigenvalue weighted by Gasteiger charge is 2.49. The van der Waals surface area contributed by atoms with Gasteiger partial charge in [-0.3, -0.25) is 0 Å². The lowest BCUT2D eigenvalue weighted by Gasteiger charge is -2.37. The molecule has 0 nitrogen and oxygen atoms in total. The van der Waals surface area contributed by atoms with Gasteiger partial charge < -0.3 is 0 Å². The molecule has 9 aromatic rings. The standard InChI is InChI=1S/C67H64Br2/c1-63(2,3)43-25-21-41(22-26-43)55-39-57(68)49-17-13-15-19-51(49)60(55)53-37-38-54-61-52-20-16-14-18-50(52)58(69)40-56(61)67(47-33-29-45(30-34-47)65(7,8)9,48-35-31-46(32-36-48)66(10,11)12)62(54)59(53)42-23-27-44(28-24-42)64(4,5)6/h13-40H,1-12H3. The molecule has 0 bridgehead atoms. The van der Waals surface area contributed by atoms with Gasteiger partial charge in [0.05, 0.1) is 5.41 Å². The van der Waals surface area contributed by atoms with E-state index in [4.69, 9.17) is 0 Å². The van der Waals surface area contributed by atoms with Crippen LogP contribution >= 0.6 is 31.9 Å². The van der Waals surface area contributed by atoms with E-state index in [1.165, 1.54) is 111 Å². The van der Waals surface area contributed by atoms with E-state index >= 15 is 0 Å². The first-order chi connectivity index (χ1) is 32.6. The number of rotatable bonds is 5. The van der Waals surface area contributed by atoms with E-state index in [9.17, 15) is 0 Å². The Morgan fingerprint density at radius 3 is 1.12 bits per heavy atom. The smallest absolute Gasteiger partial charge is 0.0616 e. The van der Waals surface area contributed by atoms with Crippen LogP contribution in [0.1, 0.15) is 128 Å². The van der Waals surface area contributed by atoms with E-state index in [1.807, 2.05) is 0 Å². The fourth-order valence-corrected chi connectivity index (χ4v) is 12.3. The van der Waals surface area contributed by atoms with Gasteiger partial charge in [0.1, 0.15) is 0 Å². The topological polar surface area (TPSA) is 0 Å². The average molecular weight is 1030 g/mol. The van der Waals surface area contributed by atoms with Crippen LogP contribution in [0.25, 0.3) is 66.1 Å². The van der Waals surface area contributed by atoms with Crippen molar-refractivity contribution in [1.82, 2.24) is 0 Å². The van der Waals surface area contributed by atoms with Crippen molar-refractivity contribution in [3.63, 3.8) is 0 Å². The Bertz CT molecular complexity index is 3370. The van der Waals surface area contributed by atoms with Crippen LogP contribution in [0.5, 0.6) is 0 Å². The molecule has 0 saturated heterocycles. The first-order valence-electron chi connectivity index (χ1n) is 24.6. The van der Waals surface area contributed by atoms with Gasteiger partial charge in [0.15, 0.2) is 0 Å². The van der Waals surface area contributed by atoms with Crippen molar-refractivity contribution in [1.29, 1.82) is 0 Å². The second-order valence-electron chi connectivity index (χ2n) is 23.6. The molecule has 10 rings (SSSR count). The van der Waals surface area contributed by atoms with Crippen molar-refractivity contribution in [2.24, 2.45) is 0 Å². The van der Waals surface area contributed by atoms with Gasteiger partial charge in [-0.25, -0.2) is 0 Å². The molecule has 69 heavy (non-hydrogen) atoms. The quantitative estimate of drug-likeness (QED) is 0.161. The predicted molar refractivity (Wildman–Crippen MR) is 305 cm³/mol. The molecule has 346 valence electrons. The summed E-state index contributed by atoms with van der Waals surface area (Å²) >= 11 is 8.29. The first-order valence-corrected chi connectivity index (χ1v) is 26.2. The van der Waals surface area contributed by atoms with E-state index < -0.39 is 5.41 Å². The lowest BCUT2D eigenvalue weighted by molar-refractivity contribution is 0.588. The van der Waals surface area contributed by atoms with Crippen LogP contribution in [0, 0.1) is 0 Å². The second-order valence-corrected chi connectivity index (χ2v) is 25.3. The fourth-order valence-electron chi connectivity index (χ4n) is 11.1. The lowest BCUT2D eigenvalue weighted by Crippen LogP contribution is -2.30. The number of hydrogen-bond donors (Lipinski definition) is 0. The van der Waals surface area contributed by atoms with Crippen molar-refractivity contribution < 1.29 is 0 Å². The van der Waals surface area contributed by atoms with Crippen LogP contribution in [0.3, 0.4) is 0 Å². The fraction of sp³-hybridized carbons (Fsp3) is 0.254. The second kappa shape index (κ2) is 16.8. The molecule has 0 N–H and O–H groups in total. The van der Waals surface area contributed by atoms with Crippen LogP contribution in [0.2, 0.25) is 0 Å². The molecule has 0 aromatic heterocycles. The average Bonchev–Trinajstić information content (AvgIpc) is 3.61. The number of fused-ring (bicyclic) bond motifs is 6. The van der Waals surface area contributed by atoms with Crippen molar-refractivity contribution in [3.8, 4) is 44.5 Å². The highest BCUT2D eigenvalue weighted by molar-refractivity contribution is 9.11. The molecule has 0 radical (unpaired) electrons. The summed E-state index contributed by atoms with van der Waals surface area (Å²) in [6.45, 7) is 27.7. The van der Waals surface area contributed by atoms with E-state index in [0.717, 1.165) is 8.95 Å². The maximum atomic E-state index is 4.19. The van der Waals surface area contributed by atoms with Gasteiger partial charge >= 0.3 is 0 Å². The maximum absolute atomic E-state index is 4.19. The first kappa shape index (κ1) is 47.2. The van der Waals surface area contributed by atoms with Crippen molar-refractivity contribution in [2.75, 3.05) is 0 Å². The number of halogens is 2. The van der Waals surface area contributed by atoms with Gasteiger partial charge in [0.2, 0.25) is 0 Å². The van der Waals surface area contributed by atoms with E-state index in [-0.39, 0.29) is 21.7 Å². The minimum atomic E-state index is -0.724. The molecule has 0 unspecified atom stereocenters. The Balaban J connectivity index is 1.44. The Kier molecular flexibility index (Phi) is 11.5. The normalized spacial score (nSPS) is 13.8. The summed E-state index contributed by atoms with van der Waals surface area (Å²) in [7, 11) is 0. The molecule has 0 atom stereocenters. The Labute approximate surface area is 428 Å². The predicted octanol–water partition coefficient (Wildman–Crippen LogP) is 20.1. The van der Waals surface area contributed by atoms with Crippen LogP contribution in [0.4, 0.5) is 0 Å². The Hall–Kier alpha value is -5.54. The minimum Gasteiger partial charge on any atom is -0.0616 e. The molecular formula is C67H64Br2. The Morgan fingerprint density at radius 2 is 0.681 bits per heavy atom. The monoisotopic (exact) mass is 1030 g/mol. The van der Waals surface area contributed by atoms with Gasteiger partial charge in [-0.1, -0.05) is 273 Å². The van der Waals surface area contributed by atoms with Gasteiger partial charge in [-0.15, -0.1) is 0 Å². The van der Waals surface area contributed by atoms with E-state index in [1.54, 1.807) is 0 Å². The SMILES string of the molecule is CC(C)(C)c1ccc(-c2cc(Br)c3ccccc3c2-c2ccc3c(c2-c2ccc(C(C)(C)C)cc2)C(c2ccc(C(C)(C)C)cc2)(c2ccc(C(C)(C)C)cc2)c2cc(Br)c4ccccc4c2-3)cc1. The summed E-state index contributed by atoms with van der Waals surface area (Å²) in [6, 6.07) is 65.9. The summed E-state index contributed by atoms with van der Waals surface area (Å²) < 4.78 is 2.19. The highest BCUT2D eigenvalue weighted by atomic mass is 79.9. The lowest BCUT2D eigenvalue weighted by atomic mass is 9.64. The third kappa shape index (κ3) is 7.95. The van der Waals surface area contributed by atoms with E-state index in [0.29, 0.717) is 0 Å². The van der Waals surface area contributed by atoms with Crippen molar-refractivity contribution >= 4 is 53.4 Å². The summed E-state index contributed by atoms with van der Waals surface area (Å²) in [5.74, 6) is 0. The van der Waals surface area contributed by atoms with Crippen LogP contribution < -0.4 is 0 Å². The molecule has 9 aromatic carbocycles. The summed E-state index contributed by atoms with van der Waals surface area (Å²) in [5, 5.41) is 4.87. The molecule has 0 aliphatic heterocycles. The van der Waals surface area contributed by atoms with E-state index in [2.05, 4.69) is 285 Å². The molecule has 0 amide bonds. The maximum Gasteiger partial charge on any atom is 0.0720 e. The number of hydrogen-bond acceptors (Lipinski definition) is 0. The van der Waals surface area contributed by atoms with Crippen molar-refractivity contribution in [2.45, 2.75) is 110 Å². The molecule has 0 heterocycles. The zero-order chi connectivity index (χ0) is 49.0. The van der Waals surface area contributed by atoms with Gasteiger partial charge in [0.25, 0.3) is 0 Å². The molecule has 1 aliphatic rings. The Morgan fingerprint density at radius 1 is 0.319 bits per heavy atom. The van der Waals surface area contributed by atoms with Gasteiger partial charge in [0, 0.05) is 8.95 Å². The molecule has 1 aliphatic carbocycles. The molecule has 0 saturated carbocycles. The van der Waals surface area contributed by atoms with Crippen LogP contribution in [-0.2, 0) is 27.1 Å². The molecule has 2 heteroatoms. The summed E-state index contributed by atoms with van der Waals surface area (Å²) in [4.78, 5) is 0. The zero-order valence-electron chi connectivity index (χ0n) is 42.4.